The Morgan fingerprint density at radius 2 is 2.00 bits per heavy atom. The third-order valence-electron chi connectivity index (χ3n) is 1.91. The van der Waals surface area contributed by atoms with E-state index in [9.17, 15) is 0 Å². The summed E-state index contributed by atoms with van der Waals surface area (Å²) in [6.45, 7) is 0. The zero-order chi connectivity index (χ0) is 9.97. The van der Waals surface area contributed by atoms with Crippen molar-refractivity contribution in [1.29, 1.82) is 0 Å². The first-order chi connectivity index (χ1) is 6.74. The first-order valence-electron chi connectivity index (χ1n) is 4.28. The number of thiophene rings is 1. The summed E-state index contributed by atoms with van der Waals surface area (Å²) in [7, 11) is 0. The van der Waals surface area contributed by atoms with E-state index < -0.39 is 0 Å². The smallest absolute Gasteiger partial charge is 0.123 e. The van der Waals surface area contributed by atoms with E-state index in [0.717, 1.165) is 17.0 Å². The molecule has 72 valence electrons. The van der Waals surface area contributed by atoms with Crippen molar-refractivity contribution in [2.75, 3.05) is 11.5 Å². The normalized spacial score (nSPS) is 10.3. The predicted octanol–water partition coefficient (Wildman–Crippen LogP) is 1.90. The van der Waals surface area contributed by atoms with Gasteiger partial charge in [-0.2, -0.15) is 0 Å². The minimum atomic E-state index is 0.555. The van der Waals surface area contributed by atoms with Crippen molar-refractivity contribution >= 4 is 22.2 Å². The van der Waals surface area contributed by atoms with E-state index in [4.69, 9.17) is 11.5 Å². The highest BCUT2D eigenvalue weighted by Crippen LogP contribution is 2.21. The predicted molar refractivity (Wildman–Crippen MR) is 60.2 cm³/mol. The second-order valence-electron chi connectivity index (χ2n) is 3.07. The van der Waals surface area contributed by atoms with Crippen molar-refractivity contribution in [2.24, 2.45) is 0 Å². The van der Waals surface area contributed by atoms with Gasteiger partial charge in [-0.3, -0.25) is 0 Å². The fourth-order valence-electron chi connectivity index (χ4n) is 1.23. The Morgan fingerprint density at radius 1 is 1.14 bits per heavy atom. The van der Waals surface area contributed by atoms with Gasteiger partial charge in [-0.05, 0) is 23.8 Å². The van der Waals surface area contributed by atoms with E-state index in [1.165, 1.54) is 4.88 Å². The Morgan fingerprint density at radius 3 is 2.57 bits per heavy atom. The summed E-state index contributed by atoms with van der Waals surface area (Å²) in [4.78, 5) is 5.28. The van der Waals surface area contributed by atoms with Gasteiger partial charge in [-0.25, -0.2) is 4.98 Å². The van der Waals surface area contributed by atoms with Crippen LogP contribution in [0.2, 0.25) is 0 Å². The lowest BCUT2D eigenvalue weighted by atomic mass is 10.2. The maximum atomic E-state index is 5.64. The number of hydrogen-bond donors (Lipinski definition) is 2. The van der Waals surface area contributed by atoms with Crippen LogP contribution in [0.15, 0.2) is 30.5 Å². The highest BCUT2D eigenvalue weighted by atomic mass is 32.1. The van der Waals surface area contributed by atoms with Gasteiger partial charge in [0.15, 0.2) is 0 Å². The van der Waals surface area contributed by atoms with Crippen LogP contribution in [0.3, 0.4) is 0 Å². The van der Waals surface area contributed by atoms with E-state index in [1.54, 1.807) is 17.5 Å². The van der Waals surface area contributed by atoms with Crippen LogP contribution in [0.1, 0.15) is 10.4 Å². The maximum absolute atomic E-state index is 5.64. The molecule has 0 unspecified atom stereocenters. The Balaban J connectivity index is 2.15. The molecule has 2 heterocycles. The van der Waals surface area contributed by atoms with Crippen molar-refractivity contribution in [2.45, 2.75) is 6.42 Å². The lowest BCUT2D eigenvalue weighted by molar-refractivity contribution is 1.18. The van der Waals surface area contributed by atoms with E-state index in [0.29, 0.717) is 5.82 Å². The summed E-state index contributed by atoms with van der Waals surface area (Å²) in [6, 6.07) is 7.76. The van der Waals surface area contributed by atoms with Crippen LogP contribution < -0.4 is 11.5 Å². The van der Waals surface area contributed by atoms with Gasteiger partial charge in [0.05, 0.1) is 5.00 Å². The first-order valence-corrected chi connectivity index (χ1v) is 5.10. The molecule has 0 aliphatic rings. The van der Waals surface area contributed by atoms with Crippen molar-refractivity contribution < 1.29 is 0 Å². The Kier molecular flexibility index (Phi) is 2.37. The van der Waals surface area contributed by atoms with Crippen molar-refractivity contribution in [1.82, 2.24) is 4.98 Å². The molecule has 0 fully saturated rings. The topological polar surface area (TPSA) is 64.9 Å². The second kappa shape index (κ2) is 3.67. The molecule has 4 N–H and O–H groups in total. The van der Waals surface area contributed by atoms with Crippen LogP contribution in [0, 0.1) is 0 Å². The van der Waals surface area contributed by atoms with Crippen LogP contribution in [0.25, 0.3) is 0 Å². The molecule has 3 nitrogen and oxygen atoms in total. The molecule has 0 aromatic carbocycles. The van der Waals surface area contributed by atoms with Gasteiger partial charge in [0.2, 0.25) is 0 Å². The molecule has 2 aromatic rings. The molecule has 0 bridgehead atoms. The third-order valence-corrected chi connectivity index (χ3v) is 2.82. The molecular formula is C10H11N3S. The molecule has 0 saturated heterocycles. The number of pyridine rings is 1. The summed E-state index contributed by atoms with van der Waals surface area (Å²) < 4.78 is 0. The average molecular weight is 205 g/mol. The fourth-order valence-corrected chi connectivity index (χ4v) is 2.04. The lowest BCUT2D eigenvalue weighted by Gasteiger charge is -1.98. The van der Waals surface area contributed by atoms with E-state index >= 15 is 0 Å². The molecule has 2 rings (SSSR count). The van der Waals surface area contributed by atoms with Crippen LogP contribution in [-0.4, -0.2) is 4.98 Å². The standard InChI is InChI=1S/C10H11N3S/c11-9-3-1-7(6-13-9)5-8-2-4-10(12)14-8/h1-4,6H,5,12H2,(H2,11,13). The zero-order valence-electron chi connectivity index (χ0n) is 7.60. The van der Waals surface area contributed by atoms with Crippen molar-refractivity contribution in [3.8, 4) is 0 Å². The Labute approximate surface area is 86.4 Å². The minimum Gasteiger partial charge on any atom is -0.391 e. The molecule has 0 amide bonds. The summed E-state index contributed by atoms with van der Waals surface area (Å²) in [6.07, 6.45) is 2.67. The van der Waals surface area contributed by atoms with Crippen molar-refractivity contribution in [3.63, 3.8) is 0 Å². The highest BCUT2D eigenvalue weighted by molar-refractivity contribution is 7.15. The van der Waals surface area contributed by atoms with Gasteiger partial charge in [0.1, 0.15) is 5.82 Å². The van der Waals surface area contributed by atoms with Crippen LogP contribution in [-0.2, 0) is 6.42 Å². The number of rotatable bonds is 2. The number of nitrogen functional groups attached to an aromatic ring is 2. The lowest BCUT2D eigenvalue weighted by Crippen LogP contribution is -1.91. The Hall–Kier alpha value is -1.55. The van der Waals surface area contributed by atoms with E-state index in [1.807, 2.05) is 24.3 Å². The van der Waals surface area contributed by atoms with Gasteiger partial charge in [0.25, 0.3) is 0 Å². The Bertz CT molecular complexity index is 419. The van der Waals surface area contributed by atoms with Gasteiger partial charge < -0.3 is 11.5 Å². The quantitative estimate of drug-likeness (QED) is 0.787. The molecule has 0 aliphatic heterocycles. The number of hydrogen-bond acceptors (Lipinski definition) is 4. The monoisotopic (exact) mass is 205 g/mol. The van der Waals surface area contributed by atoms with Crippen LogP contribution >= 0.6 is 11.3 Å². The van der Waals surface area contributed by atoms with Gasteiger partial charge >= 0.3 is 0 Å². The largest absolute Gasteiger partial charge is 0.391 e. The maximum Gasteiger partial charge on any atom is 0.123 e. The van der Waals surface area contributed by atoms with E-state index in [2.05, 4.69) is 4.98 Å². The molecule has 0 aliphatic carbocycles. The van der Waals surface area contributed by atoms with Crippen molar-refractivity contribution in [3.05, 3.63) is 40.9 Å². The number of anilines is 2. The molecule has 2 aromatic heterocycles. The molecule has 0 spiro atoms. The molecule has 0 radical (unpaired) electrons. The molecule has 0 atom stereocenters. The highest BCUT2D eigenvalue weighted by Gasteiger charge is 1.99. The summed E-state index contributed by atoms with van der Waals surface area (Å²) in [5, 5.41) is 0.850. The molecular weight excluding hydrogens is 194 g/mol. The van der Waals surface area contributed by atoms with E-state index in [-0.39, 0.29) is 0 Å². The van der Waals surface area contributed by atoms with Crippen LogP contribution in [0.4, 0.5) is 10.8 Å². The first kappa shape index (κ1) is 9.02. The second-order valence-corrected chi connectivity index (χ2v) is 4.27. The van der Waals surface area contributed by atoms with Gasteiger partial charge in [0, 0.05) is 17.5 Å². The SMILES string of the molecule is Nc1ccc(Cc2ccc(N)s2)cn1. The number of aromatic nitrogens is 1. The van der Waals surface area contributed by atoms with Gasteiger partial charge in [-0.15, -0.1) is 11.3 Å². The van der Waals surface area contributed by atoms with Gasteiger partial charge in [-0.1, -0.05) is 6.07 Å². The number of nitrogens with zero attached hydrogens (tertiary/aromatic N) is 1. The summed E-state index contributed by atoms with van der Waals surface area (Å²) in [5.74, 6) is 0.555. The summed E-state index contributed by atoms with van der Waals surface area (Å²) in [5.41, 5.74) is 12.3. The fraction of sp³-hybridized carbons (Fsp3) is 0.100. The average Bonchev–Trinajstić information content (AvgIpc) is 2.56. The number of nitrogens with two attached hydrogens (primary N) is 2. The molecule has 4 heteroatoms. The molecule has 14 heavy (non-hydrogen) atoms. The zero-order valence-corrected chi connectivity index (χ0v) is 8.42. The summed E-state index contributed by atoms with van der Waals surface area (Å²) >= 11 is 1.61. The third kappa shape index (κ3) is 2.03. The molecule has 0 saturated carbocycles. The van der Waals surface area contributed by atoms with Crippen LogP contribution in [0.5, 0.6) is 0 Å². The minimum absolute atomic E-state index is 0.555.